The van der Waals surface area contributed by atoms with Gasteiger partial charge in [0.2, 0.25) is 5.95 Å². The van der Waals surface area contributed by atoms with Crippen LogP contribution < -0.4 is 15.2 Å². The second-order valence-electron chi connectivity index (χ2n) is 6.60. The Morgan fingerprint density at radius 1 is 0.903 bits per heavy atom. The van der Waals surface area contributed by atoms with Gasteiger partial charge in [-0.3, -0.25) is 0 Å². The van der Waals surface area contributed by atoms with Crippen molar-refractivity contribution in [3.05, 3.63) is 77.3 Å². The van der Waals surface area contributed by atoms with Gasteiger partial charge >= 0.3 is 6.36 Å². The topological polar surface area (TPSA) is 70.3 Å². The Morgan fingerprint density at radius 3 is 2.48 bits per heavy atom. The van der Waals surface area contributed by atoms with E-state index in [1.165, 1.54) is 18.2 Å². The number of hydrogen-bond acceptors (Lipinski definition) is 5. The number of benzene rings is 3. The molecule has 0 aliphatic carbocycles. The highest BCUT2D eigenvalue weighted by atomic mass is 35.5. The van der Waals surface area contributed by atoms with Crippen LogP contribution in [0.5, 0.6) is 11.5 Å². The maximum Gasteiger partial charge on any atom is 0.573 e. The van der Waals surface area contributed by atoms with E-state index in [-0.39, 0.29) is 18.3 Å². The summed E-state index contributed by atoms with van der Waals surface area (Å²) in [5.74, 6) is 0.326. The number of nitrogen functional groups attached to an aromatic ring is 1. The van der Waals surface area contributed by atoms with E-state index in [4.69, 9.17) is 22.1 Å². The van der Waals surface area contributed by atoms with Gasteiger partial charge in [-0.05, 0) is 48.0 Å². The zero-order chi connectivity index (χ0) is 22.0. The highest BCUT2D eigenvalue weighted by Gasteiger charge is 2.31. The Labute approximate surface area is 180 Å². The van der Waals surface area contributed by atoms with Crippen molar-refractivity contribution in [3.8, 4) is 22.8 Å². The van der Waals surface area contributed by atoms with Crippen molar-refractivity contribution in [1.82, 2.24) is 9.97 Å². The standard InChI is InChI=1S/C22H15ClF3N3O2/c23-15-7-8-19-18(11-15)20(29-21(27)28-19)14-4-2-5-16(10-14)30-12-13-3-1-6-17(9-13)31-22(24,25)26/h1-11H,12H2,(H2,27,28,29). The highest BCUT2D eigenvalue weighted by molar-refractivity contribution is 6.31. The lowest BCUT2D eigenvalue weighted by Gasteiger charge is -2.12. The van der Waals surface area contributed by atoms with Crippen molar-refractivity contribution in [2.45, 2.75) is 13.0 Å². The van der Waals surface area contributed by atoms with Crippen LogP contribution in [-0.2, 0) is 6.61 Å². The van der Waals surface area contributed by atoms with E-state index in [0.717, 1.165) is 10.9 Å². The fourth-order valence-electron chi connectivity index (χ4n) is 3.07. The molecule has 0 bridgehead atoms. The molecule has 158 valence electrons. The molecule has 0 amide bonds. The third-order valence-corrected chi connectivity index (χ3v) is 4.56. The summed E-state index contributed by atoms with van der Waals surface area (Å²) in [4.78, 5) is 8.57. The van der Waals surface area contributed by atoms with Crippen molar-refractivity contribution in [2.75, 3.05) is 5.73 Å². The second-order valence-corrected chi connectivity index (χ2v) is 7.04. The number of rotatable bonds is 5. The van der Waals surface area contributed by atoms with Crippen molar-refractivity contribution in [2.24, 2.45) is 0 Å². The summed E-state index contributed by atoms with van der Waals surface area (Å²) in [6.45, 7) is 0.0526. The summed E-state index contributed by atoms with van der Waals surface area (Å²) in [5, 5.41) is 1.27. The molecule has 5 nitrogen and oxygen atoms in total. The van der Waals surface area contributed by atoms with Gasteiger partial charge in [-0.2, -0.15) is 0 Å². The highest BCUT2D eigenvalue weighted by Crippen LogP contribution is 2.31. The molecule has 0 radical (unpaired) electrons. The van der Waals surface area contributed by atoms with E-state index in [2.05, 4.69) is 14.7 Å². The first kappa shape index (κ1) is 20.7. The number of halogens is 4. The fourth-order valence-corrected chi connectivity index (χ4v) is 3.24. The van der Waals surface area contributed by atoms with Gasteiger partial charge in [-0.25, -0.2) is 9.97 Å². The van der Waals surface area contributed by atoms with Gasteiger partial charge in [0.1, 0.15) is 18.1 Å². The molecular weight excluding hydrogens is 431 g/mol. The predicted molar refractivity (Wildman–Crippen MR) is 112 cm³/mol. The Balaban J connectivity index is 1.59. The molecule has 2 N–H and O–H groups in total. The zero-order valence-corrected chi connectivity index (χ0v) is 16.6. The molecule has 0 spiro atoms. The summed E-state index contributed by atoms with van der Waals surface area (Å²) in [5.41, 5.74) is 8.35. The molecule has 4 aromatic rings. The molecule has 1 aromatic heterocycles. The molecule has 0 saturated heterocycles. The molecule has 3 aromatic carbocycles. The minimum atomic E-state index is -4.75. The van der Waals surface area contributed by atoms with Crippen LogP contribution in [-0.4, -0.2) is 16.3 Å². The van der Waals surface area contributed by atoms with Gasteiger partial charge in [0.25, 0.3) is 0 Å². The van der Waals surface area contributed by atoms with Crippen LogP contribution in [0.1, 0.15) is 5.56 Å². The number of aromatic nitrogens is 2. The van der Waals surface area contributed by atoms with Gasteiger partial charge in [0.05, 0.1) is 11.2 Å². The van der Waals surface area contributed by atoms with E-state index in [9.17, 15) is 13.2 Å². The summed E-state index contributed by atoms with van der Waals surface area (Å²) in [6.07, 6.45) is -4.75. The first-order valence-corrected chi connectivity index (χ1v) is 9.45. The molecule has 31 heavy (non-hydrogen) atoms. The van der Waals surface area contributed by atoms with Crippen LogP contribution >= 0.6 is 11.6 Å². The lowest BCUT2D eigenvalue weighted by atomic mass is 10.1. The average Bonchev–Trinajstić information content (AvgIpc) is 2.71. The average molecular weight is 446 g/mol. The van der Waals surface area contributed by atoms with Crippen LogP contribution in [0.3, 0.4) is 0 Å². The Kier molecular flexibility index (Phi) is 5.56. The van der Waals surface area contributed by atoms with E-state index < -0.39 is 6.36 Å². The molecule has 0 aliphatic rings. The van der Waals surface area contributed by atoms with Gasteiger partial charge in [-0.1, -0.05) is 35.9 Å². The zero-order valence-electron chi connectivity index (χ0n) is 15.9. The van der Waals surface area contributed by atoms with Gasteiger partial charge < -0.3 is 15.2 Å². The Morgan fingerprint density at radius 2 is 1.68 bits per heavy atom. The van der Waals surface area contributed by atoms with Gasteiger partial charge in [-0.15, -0.1) is 13.2 Å². The van der Waals surface area contributed by atoms with Gasteiger partial charge in [0.15, 0.2) is 0 Å². The van der Waals surface area contributed by atoms with E-state index in [0.29, 0.717) is 27.5 Å². The lowest BCUT2D eigenvalue weighted by Crippen LogP contribution is -2.17. The SMILES string of the molecule is Nc1nc(-c2cccc(OCc3cccc(OC(F)(F)F)c3)c2)c2cc(Cl)ccc2n1. The van der Waals surface area contributed by atoms with Gasteiger partial charge in [0, 0.05) is 16.0 Å². The molecule has 1 heterocycles. The Hall–Kier alpha value is -3.52. The number of nitrogens with zero attached hydrogens (tertiary/aromatic N) is 2. The van der Waals surface area contributed by atoms with Crippen molar-refractivity contribution >= 4 is 28.5 Å². The van der Waals surface area contributed by atoms with E-state index in [1.54, 1.807) is 42.5 Å². The Bertz CT molecular complexity index is 1250. The summed E-state index contributed by atoms with van der Waals surface area (Å²) < 4.78 is 46.9. The molecule has 4 rings (SSSR count). The third-order valence-electron chi connectivity index (χ3n) is 4.32. The number of fused-ring (bicyclic) bond motifs is 1. The normalized spacial score (nSPS) is 11.5. The number of ether oxygens (including phenoxy) is 2. The van der Waals surface area contributed by atoms with Crippen molar-refractivity contribution < 1.29 is 22.6 Å². The van der Waals surface area contributed by atoms with Crippen LogP contribution in [0, 0.1) is 0 Å². The monoisotopic (exact) mass is 445 g/mol. The van der Waals surface area contributed by atoms with Crippen LogP contribution in [0.4, 0.5) is 19.1 Å². The smallest absolute Gasteiger partial charge is 0.489 e. The van der Waals surface area contributed by atoms with Crippen molar-refractivity contribution in [1.29, 1.82) is 0 Å². The molecule has 0 saturated carbocycles. The maximum atomic E-state index is 12.4. The summed E-state index contributed by atoms with van der Waals surface area (Å²) in [6, 6.07) is 18.0. The minimum absolute atomic E-state index is 0.0526. The predicted octanol–water partition coefficient (Wildman–Crippen LogP) is 6.01. The largest absolute Gasteiger partial charge is 0.573 e. The second kappa shape index (κ2) is 8.31. The van der Waals surface area contributed by atoms with E-state index in [1.807, 2.05) is 6.07 Å². The number of nitrogens with two attached hydrogens (primary N) is 1. The molecule has 0 fully saturated rings. The fraction of sp³-hybridized carbons (Fsp3) is 0.0909. The van der Waals surface area contributed by atoms with Crippen molar-refractivity contribution in [3.63, 3.8) is 0 Å². The number of alkyl halides is 3. The first-order chi connectivity index (χ1) is 14.8. The number of anilines is 1. The molecule has 0 unspecified atom stereocenters. The van der Waals surface area contributed by atoms with E-state index >= 15 is 0 Å². The molecular formula is C22H15ClF3N3O2. The van der Waals surface area contributed by atoms with Crippen LogP contribution in [0.2, 0.25) is 5.02 Å². The van der Waals surface area contributed by atoms with Crippen LogP contribution in [0.25, 0.3) is 22.2 Å². The molecule has 0 aliphatic heterocycles. The maximum absolute atomic E-state index is 12.4. The molecule has 9 heteroatoms. The summed E-state index contributed by atoms with van der Waals surface area (Å²) in [7, 11) is 0. The summed E-state index contributed by atoms with van der Waals surface area (Å²) >= 11 is 6.13. The first-order valence-electron chi connectivity index (χ1n) is 9.07. The third kappa shape index (κ3) is 5.16. The minimum Gasteiger partial charge on any atom is -0.489 e. The quantitative estimate of drug-likeness (QED) is 0.407. The lowest BCUT2D eigenvalue weighted by molar-refractivity contribution is -0.274. The molecule has 0 atom stereocenters. The number of hydrogen-bond donors (Lipinski definition) is 1. The van der Waals surface area contributed by atoms with Crippen LogP contribution in [0.15, 0.2) is 66.7 Å².